The van der Waals surface area contributed by atoms with Crippen LogP contribution in [0, 0.1) is 0 Å². The van der Waals surface area contributed by atoms with Crippen molar-refractivity contribution in [3.63, 3.8) is 0 Å². The molecule has 14 heavy (non-hydrogen) atoms. The van der Waals surface area contributed by atoms with Gasteiger partial charge in [0.1, 0.15) is 5.75 Å². The summed E-state index contributed by atoms with van der Waals surface area (Å²) in [6, 6.07) is 3.62. The molecule has 0 aliphatic rings. The zero-order valence-corrected chi connectivity index (χ0v) is 10.5. The lowest BCUT2D eigenvalue weighted by Gasteiger charge is -2.10. The lowest BCUT2D eigenvalue weighted by Crippen LogP contribution is -1.93. The number of ether oxygens (including phenoxy) is 1. The number of hydrogen-bond donors (Lipinski definition) is 0. The summed E-state index contributed by atoms with van der Waals surface area (Å²) in [5, 5.41) is 1.30. The van der Waals surface area contributed by atoms with Crippen molar-refractivity contribution in [1.82, 2.24) is 0 Å². The first-order chi connectivity index (χ1) is 6.70. The number of thioether (sulfide) groups is 1. The molecule has 0 atom stereocenters. The van der Waals surface area contributed by atoms with Gasteiger partial charge in [-0.15, -0.1) is 11.8 Å². The summed E-state index contributed by atoms with van der Waals surface area (Å²) < 4.78 is 5.37. The molecule has 0 bridgehead atoms. The second-order valence-electron chi connectivity index (χ2n) is 2.55. The van der Waals surface area contributed by atoms with E-state index in [-0.39, 0.29) is 0 Å². The topological polar surface area (TPSA) is 9.23 Å². The van der Waals surface area contributed by atoms with Gasteiger partial charge in [-0.05, 0) is 24.8 Å². The average Bonchev–Trinajstić information content (AvgIpc) is 2.17. The molecule has 0 aliphatic carbocycles. The lowest BCUT2D eigenvalue weighted by molar-refractivity contribution is 0.339. The molecule has 1 rings (SSSR count). The van der Waals surface area contributed by atoms with E-state index < -0.39 is 0 Å². The zero-order valence-electron chi connectivity index (χ0n) is 8.14. The van der Waals surface area contributed by atoms with Gasteiger partial charge < -0.3 is 4.74 Å². The van der Waals surface area contributed by atoms with Crippen molar-refractivity contribution < 1.29 is 4.74 Å². The molecule has 0 fully saturated rings. The molecule has 0 unspecified atom stereocenters. The molecule has 0 saturated carbocycles. The minimum absolute atomic E-state index is 0.609. The number of benzene rings is 1. The van der Waals surface area contributed by atoms with Crippen LogP contribution in [0.25, 0.3) is 0 Å². The summed E-state index contributed by atoms with van der Waals surface area (Å²) in [5.41, 5.74) is 0. The van der Waals surface area contributed by atoms with E-state index >= 15 is 0 Å². The monoisotopic (exact) mass is 250 g/mol. The number of halogens is 2. The van der Waals surface area contributed by atoms with Gasteiger partial charge in [-0.2, -0.15) is 0 Å². The summed E-state index contributed by atoms with van der Waals surface area (Å²) in [6.07, 6.45) is 0. The Morgan fingerprint density at radius 2 is 2.00 bits per heavy atom. The van der Waals surface area contributed by atoms with Crippen molar-refractivity contribution in [2.75, 3.05) is 12.4 Å². The van der Waals surface area contributed by atoms with Crippen LogP contribution in [0.5, 0.6) is 5.75 Å². The van der Waals surface area contributed by atoms with Crippen LogP contribution < -0.4 is 4.74 Å². The molecule has 1 aromatic rings. The highest BCUT2D eigenvalue weighted by Crippen LogP contribution is 2.39. The fraction of sp³-hybridized carbons (Fsp3) is 0.400. The first kappa shape index (κ1) is 12.0. The van der Waals surface area contributed by atoms with Crippen molar-refractivity contribution in [2.45, 2.75) is 18.7 Å². The first-order valence-corrected chi connectivity index (χ1v) is 6.18. The van der Waals surface area contributed by atoms with Gasteiger partial charge in [0, 0.05) is 4.90 Å². The fourth-order valence-electron chi connectivity index (χ4n) is 1.06. The van der Waals surface area contributed by atoms with Crippen molar-refractivity contribution in [1.29, 1.82) is 0 Å². The van der Waals surface area contributed by atoms with Gasteiger partial charge in [0.25, 0.3) is 0 Å². The predicted molar refractivity (Wildman–Crippen MR) is 64.0 cm³/mol. The maximum atomic E-state index is 6.14. The van der Waals surface area contributed by atoms with Crippen molar-refractivity contribution in [3.05, 3.63) is 22.2 Å². The van der Waals surface area contributed by atoms with Crippen LogP contribution in [0.1, 0.15) is 13.8 Å². The van der Waals surface area contributed by atoms with E-state index in [4.69, 9.17) is 27.9 Å². The summed E-state index contributed by atoms with van der Waals surface area (Å²) in [4.78, 5) is 0.904. The third-order valence-electron chi connectivity index (χ3n) is 1.60. The maximum Gasteiger partial charge on any atom is 0.139 e. The molecule has 0 heterocycles. The second-order valence-corrected chi connectivity index (χ2v) is 4.61. The smallest absolute Gasteiger partial charge is 0.139 e. The largest absolute Gasteiger partial charge is 0.492 e. The maximum absolute atomic E-state index is 6.14. The average molecular weight is 251 g/mol. The van der Waals surface area contributed by atoms with Crippen LogP contribution in [0.4, 0.5) is 0 Å². The second kappa shape index (κ2) is 5.74. The third-order valence-corrected chi connectivity index (χ3v) is 3.52. The van der Waals surface area contributed by atoms with Gasteiger partial charge in [-0.25, -0.2) is 0 Å². The van der Waals surface area contributed by atoms with Gasteiger partial charge in [-0.3, -0.25) is 0 Å². The molecular weight excluding hydrogens is 239 g/mol. The highest BCUT2D eigenvalue weighted by molar-refractivity contribution is 7.99. The molecule has 0 saturated heterocycles. The van der Waals surface area contributed by atoms with E-state index in [1.807, 2.05) is 13.0 Å². The highest BCUT2D eigenvalue weighted by atomic mass is 35.5. The van der Waals surface area contributed by atoms with Crippen LogP contribution in [-0.4, -0.2) is 12.4 Å². The summed E-state index contributed by atoms with van der Waals surface area (Å²) in [7, 11) is 0. The van der Waals surface area contributed by atoms with Crippen molar-refractivity contribution in [2.24, 2.45) is 0 Å². The van der Waals surface area contributed by atoms with E-state index in [1.54, 1.807) is 17.8 Å². The Morgan fingerprint density at radius 3 is 2.57 bits per heavy atom. The summed E-state index contributed by atoms with van der Waals surface area (Å²) in [6.45, 7) is 4.60. The van der Waals surface area contributed by atoms with E-state index in [0.29, 0.717) is 22.4 Å². The summed E-state index contributed by atoms with van der Waals surface area (Å²) >= 11 is 13.8. The Labute approximate surface area is 98.7 Å². The van der Waals surface area contributed by atoms with Crippen molar-refractivity contribution >= 4 is 35.0 Å². The molecule has 0 radical (unpaired) electrons. The van der Waals surface area contributed by atoms with Gasteiger partial charge in [-0.1, -0.05) is 30.1 Å². The first-order valence-electron chi connectivity index (χ1n) is 4.44. The Bertz CT molecular complexity index is 315. The van der Waals surface area contributed by atoms with Crippen LogP contribution in [0.3, 0.4) is 0 Å². The van der Waals surface area contributed by atoms with E-state index in [1.165, 1.54) is 0 Å². The minimum Gasteiger partial charge on any atom is -0.492 e. The Morgan fingerprint density at radius 1 is 1.29 bits per heavy atom. The van der Waals surface area contributed by atoms with Gasteiger partial charge in [0.2, 0.25) is 0 Å². The van der Waals surface area contributed by atoms with Gasteiger partial charge in [0.15, 0.2) is 0 Å². The molecule has 1 aromatic carbocycles. The quantitative estimate of drug-likeness (QED) is 0.728. The zero-order chi connectivity index (χ0) is 10.6. The predicted octanol–water partition coefficient (Wildman–Crippen LogP) is 4.50. The van der Waals surface area contributed by atoms with Crippen LogP contribution in [0.2, 0.25) is 10.0 Å². The molecule has 0 spiro atoms. The molecular formula is C10H12Cl2OS. The van der Waals surface area contributed by atoms with E-state index in [0.717, 1.165) is 10.6 Å². The summed E-state index contributed by atoms with van der Waals surface area (Å²) in [5.74, 6) is 1.64. The Hall–Kier alpha value is -0.0500. The lowest BCUT2D eigenvalue weighted by atomic mass is 10.3. The number of hydrogen-bond acceptors (Lipinski definition) is 2. The number of rotatable bonds is 4. The molecule has 0 aliphatic heterocycles. The van der Waals surface area contributed by atoms with Gasteiger partial charge >= 0.3 is 0 Å². The standard InChI is InChI=1S/C10H12Cl2OS/c1-3-13-8-6-5-7(11)10(9(8)12)14-4-2/h5-6H,3-4H2,1-2H3. The Balaban J connectivity index is 3.05. The van der Waals surface area contributed by atoms with Crippen LogP contribution in [-0.2, 0) is 0 Å². The fourth-order valence-corrected chi connectivity index (χ4v) is 2.53. The van der Waals surface area contributed by atoms with E-state index in [2.05, 4.69) is 6.92 Å². The van der Waals surface area contributed by atoms with Crippen LogP contribution in [0.15, 0.2) is 17.0 Å². The van der Waals surface area contributed by atoms with E-state index in [9.17, 15) is 0 Å². The molecule has 0 N–H and O–H groups in total. The SMILES string of the molecule is CCOc1ccc(Cl)c(SCC)c1Cl. The molecule has 78 valence electrons. The molecule has 1 nitrogen and oxygen atoms in total. The Kier molecular flexibility index (Phi) is 4.93. The molecule has 4 heteroatoms. The normalized spacial score (nSPS) is 10.3. The van der Waals surface area contributed by atoms with Crippen molar-refractivity contribution in [3.8, 4) is 5.75 Å². The minimum atomic E-state index is 0.609. The molecule has 0 amide bonds. The third kappa shape index (κ3) is 2.72. The highest BCUT2D eigenvalue weighted by Gasteiger charge is 2.10. The molecule has 0 aromatic heterocycles. The van der Waals surface area contributed by atoms with Gasteiger partial charge in [0.05, 0.1) is 16.7 Å². The van der Waals surface area contributed by atoms with Crippen LogP contribution >= 0.6 is 35.0 Å².